The van der Waals surface area contributed by atoms with Crippen molar-refractivity contribution in [1.29, 1.82) is 0 Å². The highest BCUT2D eigenvalue weighted by Crippen LogP contribution is 2.26. The minimum atomic E-state index is -3.71. The monoisotopic (exact) mass is 398 g/mol. The van der Waals surface area contributed by atoms with Crippen molar-refractivity contribution in [3.63, 3.8) is 0 Å². The van der Waals surface area contributed by atoms with Gasteiger partial charge in [-0.3, -0.25) is 4.79 Å². The van der Waals surface area contributed by atoms with Crippen molar-refractivity contribution in [1.82, 2.24) is 4.72 Å². The molecule has 1 aliphatic heterocycles. The van der Waals surface area contributed by atoms with E-state index in [0.717, 1.165) is 5.69 Å². The van der Waals surface area contributed by atoms with Crippen LogP contribution in [0, 0.1) is 5.92 Å². The number of benzene rings is 2. The second-order valence-electron chi connectivity index (χ2n) is 5.83. The molecule has 1 fully saturated rings. The van der Waals surface area contributed by atoms with Gasteiger partial charge in [0.15, 0.2) is 0 Å². The molecular formula is C17H16Cl2N2O3S. The molecular weight excluding hydrogens is 383 g/mol. The number of sulfonamides is 1. The molecule has 3 rings (SSSR count). The van der Waals surface area contributed by atoms with Crippen LogP contribution in [0.4, 0.5) is 5.69 Å². The Kier molecular flexibility index (Phi) is 5.34. The summed E-state index contributed by atoms with van der Waals surface area (Å²) in [5.41, 5.74) is 0.755. The summed E-state index contributed by atoms with van der Waals surface area (Å²) in [4.78, 5) is 13.9. The molecule has 0 radical (unpaired) electrons. The Morgan fingerprint density at radius 3 is 2.44 bits per heavy atom. The lowest BCUT2D eigenvalue weighted by Crippen LogP contribution is -2.31. The van der Waals surface area contributed by atoms with E-state index >= 15 is 0 Å². The average Bonchev–Trinajstić information content (AvgIpc) is 2.95. The average molecular weight is 399 g/mol. The maximum absolute atomic E-state index is 12.4. The third-order valence-corrected chi connectivity index (χ3v) is 6.21. The fourth-order valence-corrected chi connectivity index (χ4v) is 4.52. The summed E-state index contributed by atoms with van der Waals surface area (Å²) in [5, 5.41) is 0.764. The van der Waals surface area contributed by atoms with Crippen LogP contribution in [0.3, 0.4) is 0 Å². The molecule has 0 bridgehead atoms. The van der Waals surface area contributed by atoms with Gasteiger partial charge in [-0.25, -0.2) is 13.1 Å². The van der Waals surface area contributed by atoms with E-state index in [1.165, 1.54) is 12.1 Å². The van der Waals surface area contributed by atoms with Gasteiger partial charge in [0.25, 0.3) is 0 Å². The number of anilines is 1. The highest BCUT2D eigenvalue weighted by molar-refractivity contribution is 7.89. The van der Waals surface area contributed by atoms with Crippen LogP contribution in [-0.4, -0.2) is 27.4 Å². The molecule has 1 atom stereocenters. The van der Waals surface area contributed by atoms with E-state index in [4.69, 9.17) is 23.2 Å². The summed E-state index contributed by atoms with van der Waals surface area (Å²) in [6.07, 6.45) is 0.285. The summed E-state index contributed by atoms with van der Waals surface area (Å²) >= 11 is 11.8. The molecule has 0 saturated carbocycles. The van der Waals surface area contributed by atoms with Gasteiger partial charge >= 0.3 is 0 Å². The van der Waals surface area contributed by atoms with Gasteiger partial charge in [0.05, 0.1) is 5.02 Å². The van der Waals surface area contributed by atoms with Crippen molar-refractivity contribution >= 4 is 44.8 Å². The van der Waals surface area contributed by atoms with Crippen LogP contribution in [0.5, 0.6) is 0 Å². The first-order valence-corrected chi connectivity index (χ1v) is 9.91. The van der Waals surface area contributed by atoms with E-state index in [-0.39, 0.29) is 34.7 Å². The second-order valence-corrected chi connectivity index (χ2v) is 8.41. The molecule has 1 amide bonds. The Labute approximate surface area is 156 Å². The first kappa shape index (κ1) is 18.2. The first-order valence-electron chi connectivity index (χ1n) is 7.67. The zero-order valence-corrected chi connectivity index (χ0v) is 15.5. The fraction of sp³-hybridized carbons (Fsp3) is 0.235. The summed E-state index contributed by atoms with van der Waals surface area (Å²) in [6.45, 7) is 0.620. The number of amides is 1. The topological polar surface area (TPSA) is 66.5 Å². The first-order chi connectivity index (χ1) is 11.9. The van der Waals surface area contributed by atoms with Crippen molar-refractivity contribution in [2.24, 2.45) is 5.92 Å². The molecule has 2 aromatic rings. The van der Waals surface area contributed by atoms with E-state index in [1.807, 2.05) is 0 Å². The lowest BCUT2D eigenvalue weighted by atomic mass is 10.1. The maximum Gasteiger partial charge on any atom is 0.242 e. The van der Waals surface area contributed by atoms with E-state index in [9.17, 15) is 13.2 Å². The van der Waals surface area contributed by atoms with E-state index in [2.05, 4.69) is 4.72 Å². The predicted octanol–water partition coefficient (Wildman–Crippen LogP) is 3.32. The quantitative estimate of drug-likeness (QED) is 0.839. The Morgan fingerprint density at radius 2 is 1.76 bits per heavy atom. The van der Waals surface area contributed by atoms with Crippen LogP contribution < -0.4 is 9.62 Å². The standard InChI is InChI=1S/C17H16Cl2N2O3S/c18-13-5-7-14(8-6-13)21-11-12(9-17(21)22)10-20-25(23,24)16-4-2-1-3-15(16)19/h1-8,12,20H,9-11H2. The van der Waals surface area contributed by atoms with Gasteiger partial charge in [-0.05, 0) is 42.3 Å². The van der Waals surface area contributed by atoms with Gasteiger partial charge in [-0.15, -0.1) is 0 Å². The van der Waals surface area contributed by atoms with Crippen LogP contribution in [0.2, 0.25) is 10.0 Å². The summed E-state index contributed by atoms with van der Waals surface area (Å²) in [7, 11) is -3.71. The third kappa shape index (κ3) is 4.15. The van der Waals surface area contributed by atoms with Gasteiger partial charge in [-0.1, -0.05) is 35.3 Å². The molecule has 1 unspecified atom stereocenters. The van der Waals surface area contributed by atoms with Crippen molar-refractivity contribution < 1.29 is 13.2 Å². The van der Waals surface area contributed by atoms with E-state index < -0.39 is 10.0 Å². The number of carbonyl (C=O) groups is 1. The largest absolute Gasteiger partial charge is 0.312 e. The SMILES string of the molecule is O=C1CC(CNS(=O)(=O)c2ccccc2Cl)CN1c1ccc(Cl)cc1. The zero-order chi connectivity index (χ0) is 18.0. The van der Waals surface area contributed by atoms with Crippen LogP contribution >= 0.6 is 23.2 Å². The molecule has 2 aromatic carbocycles. The summed E-state index contributed by atoms with van der Waals surface area (Å²) in [6, 6.07) is 13.2. The minimum absolute atomic E-state index is 0.0375. The zero-order valence-electron chi connectivity index (χ0n) is 13.2. The summed E-state index contributed by atoms with van der Waals surface area (Å²) < 4.78 is 27.3. The highest BCUT2D eigenvalue weighted by atomic mass is 35.5. The van der Waals surface area contributed by atoms with Crippen LogP contribution in [0.25, 0.3) is 0 Å². The second kappa shape index (κ2) is 7.33. The number of nitrogens with zero attached hydrogens (tertiary/aromatic N) is 1. The van der Waals surface area contributed by atoms with Crippen molar-refractivity contribution in [3.8, 4) is 0 Å². The molecule has 0 spiro atoms. The lowest BCUT2D eigenvalue weighted by Gasteiger charge is -2.17. The Morgan fingerprint density at radius 1 is 1.08 bits per heavy atom. The van der Waals surface area contributed by atoms with Crippen LogP contribution in [0.15, 0.2) is 53.4 Å². The number of hydrogen-bond donors (Lipinski definition) is 1. The highest BCUT2D eigenvalue weighted by Gasteiger charge is 2.31. The molecule has 1 aliphatic rings. The van der Waals surface area contributed by atoms with E-state index in [0.29, 0.717) is 11.6 Å². The Hall–Kier alpha value is -1.60. The van der Waals surface area contributed by atoms with Gasteiger partial charge in [0.2, 0.25) is 15.9 Å². The molecule has 1 heterocycles. The van der Waals surface area contributed by atoms with Gasteiger partial charge < -0.3 is 4.90 Å². The van der Waals surface area contributed by atoms with Crippen molar-refractivity contribution in [3.05, 3.63) is 58.6 Å². The van der Waals surface area contributed by atoms with Gasteiger partial charge in [0, 0.05) is 30.2 Å². The van der Waals surface area contributed by atoms with Gasteiger partial charge in [-0.2, -0.15) is 0 Å². The molecule has 5 nitrogen and oxygen atoms in total. The number of halogens is 2. The number of carbonyl (C=O) groups excluding carboxylic acids is 1. The summed E-state index contributed by atoms with van der Waals surface area (Å²) in [5.74, 6) is -0.148. The number of nitrogens with one attached hydrogen (secondary N) is 1. The normalized spacial score (nSPS) is 17.9. The molecule has 0 aliphatic carbocycles. The van der Waals surface area contributed by atoms with Crippen LogP contribution in [0.1, 0.15) is 6.42 Å². The van der Waals surface area contributed by atoms with Gasteiger partial charge in [0.1, 0.15) is 4.90 Å². The Balaban J connectivity index is 1.66. The number of rotatable bonds is 5. The number of hydrogen-bond acceptors (Lipinski definition) is 3. The third-order valence-electron chi connectivity index (χ3n) is 4.03. The smallest absolute Gasteiger partial charge is 0.242 e. The predicted molar refractivity (Wildman–Crippen MR) is 98.6 cm³/mol. The fourth-order valence-electron chi connectivity index (χ4n) is 2.76. The maximum atomic E-state index is 12.4. The Bertz CT molecular complexity index is 885. The van der Waals surface area contributed by atoms with E-state index in [1.54, 1.807) is 41.3 Å². The molecule has 8 heteroatoms. The van der Waals surface area contributed by atoms with Crippen molar-refractivity contribution in [2.75, 3.05) is 18.0 Å². The molecule has 1 N–H and O–H groups in total. The van der Waals surface area contributed by atoms with Crippen LogP contribution in [-0.2, 0) is 14.8 Å². The molecule has 132 valence electrons. The lowest BCUT2D eigenvalue weighted by molar-refractivity contribution is -0.117. The molecule has 1 saturated heterocycles. The molecule has 25 heavy (non-hydrogen) atoms. The minimum Gasteiger partial charge on any atom is -0.312 e. The van der Waals surface area contributed by atoms with Crippen molar-refractivity contribution in [2.45, 2.75) is 11.3 Å². The molecule has 0 aromatic heterocycles.